The molecule has 1 saturated heterocycles. The third-order valence-corrected chi connectivity index (χ3v) is 5.62. The standard InChI is InChI=1S/C13H19N3S2/c1-9-7-16-12(10(2)15-13(16)18-9)6-14-5-11-3-4-17-8-11/h7,11,14H,3-6,8H2,1-2H3. The molecule has 3 nitrogen and oxygen atoms in total. The monoisotopic (exact) mass is 281 g/mol. The summed E-state index contributed by atoms with van der Waals surface area (Å²) in [7, 11) is 0. The number of fused-ring (bicyclic) bond motifs is 1. The number of thiazole rings is 1. The van der Waals surface area contributed by atoms with Gasteiger partial charge in [0, 0.05) is 17.6 Å². The molecule has 1 aliphatic heterocycles. The maximum absolute atomic E-state index is 4.62. The predicted octanol–water partition coefficient (Wildman–Crippen LogP) is 2.86. The summed E-state index contributed by atoms with van der Waals surface area (Å²) in [6, 6.07) is 0. The first-order valence-corrected chi connectivity index (χ1v) is 8.43. The second kappa shape index (κ2) is 5.23. The van der Waals surface area contributed by atoms with Crippen molar-refractivity contribution in [2.45, 2.75) is 26.8 Å². The predicted molar refractivity (Wildman–Crippen MR) is 79.7 cm³/mol. The molecule has 0 saturated carbocycles. The van der Waals surface area contributed by atoms with Crippen LogP contribution in [0.15, 0.2) is 6.20 Å². The van der Waals surface area contributed by atoms with Crippen LogP contribution in [0.3, 0.4) is 0 Å². The van der Waals surface area contributed by atoms with Gasteiger partial charge in [-0.2, -0.15) is 11.8 Å². The van der Waals surface area contributed by atoms with E-state index < -0.39 is 0 Å². The molecule has 0 aliphatic carbocycles. The van der Waals surface area contributed by atoms with Crippen molar-refractivity contribution in [2.24, 2.45) is 5.92 Å². The summed E-state index contributed by atoms with van der Waals surface area (Å²) in [4.78, 5) is 7.07. The van der Waals surface area contributed by atoms with Gasteiger partial charge in [0.05, 0.1) is 11.4 Å². The Morgan fingerprint density at radius 2 is 2.39 bits per heavy atom. The average molecular weight is 281 g/mol. The van der Waals surface area contributed by atoms with Crippen molar-refractivity contribution in [3.8, 4) is 0 Å². The molecule has 0 radical (unpaired) electrons. The molecular weight excluding hydrogens is 262 g/mol. The molecule has 2 aromatic rings. The van der Waals surface area contributed by atoms with Gasteiger partial charge in [-0.15, -0.1) is 11.3 Å². The normalized spacial score (nSPS) is 20.0. The van der Waals surface area contributed by atoms with E-state index in [2.05, 4.69) is 46.5 Å². The number of hydrogen-bond acceptors (Lipinski definition) is 4. The fourth-order valence-electron chi connectivity index (χ4n) is 2.46. The summed E-state index contributed by atoms with van der Waals surface area (Å²) in [6.07, 6.45) is 3.57. The summed E-state index contributed by atoms with van der Waals surface area (Å²) in [6.45, 7) is 6.33. The quantitative estimate of drug-likeness (QED) is 0.934. The fourth-order valence-corrected chi connectivity index (χ4v) is 4.64. The summed E-state index contributed by atoms with van der Waals surface area (Å²) in [5, 5.41) is 3.60. The minimum atomic E-state index is 0.864. The van der Waals surface area contributed by atoms with E-state index in [1.54, 1.807) is 11.3 Å². The van der Waals surface area contributed by atoms with Crippen molar-refractivity contribution in [1.82, 2.24) is 14.7 Å². The third-order valence-electron chi connectivity index (χ3n) is 3.49. The smallest absolute Gasteiger partial charge is 0.194 e. The molecule has 18 heavy (non-hydrogen) atoms. The molecule has 3 rings (SSSR count). The van der Waals surface area contributed by atoms with Gasteiger partial charge in [-0.3, -0.25) is 4.40 Å². The zero-order valence-corrected chi connectivity index (χ0v) is 12.5. The van der Waals surface area contributed by atoms with Gasteiger partial charge < -0.3 is 5.32 Å². The summed E-state index contributed by atoms with van der Waals surface area (Å²) in [5.41, 5.74) is 2.48. The molecule has 1 aliphatic rings. The first-order valence-electron chi connectivity index (χ1n) is 6.46. The van der Waals surface area contributed by atoms with E-state index in [-0.39, 0.29) is 0 Å². The van der Waals surface area contributed by atoms with E-state index in [4.69, 9.17) is 0 Å². The van der Waals surface area contributed by atoms with E-state index in [9.17, 15) is 0 Å². The minimum absolute atomic E-state index is 0.864. The highest BCUT2D eigenvalue weighted by Gasteiger charge is 2.16. The van der Waals surface area contributed by atoms with Gasteiger partial charge in [0.15, 0.2) is 4.96 Å². The van der Waals surface area contributed by atoms with E-state index in [1.165, 1.54) is 28.5 Å². The Balaban J connectivity index is 1.67. The Labute approximate surface area is 116 Å². The van der Waals surface area contributed by atoms with E-state index in [0.29, 0.717) is 0 Å². The van der Waals surface area contributed by atoms with Crippen LogP contribution in [-0.2, 0) is 6.54 Å². The highest BCUT2D eigenvalue weighted by Crippen LogP contribution is 2.23. The molecule has 0 bridgehead atoms. The topological polar surface area (TPSA) is 29.3 Å². The minimum Gasteiger partial charge on any atom is -0.311 e. The van der Waals surface area contributed by atoms with Crippen LogP contribution in [-0.4, -0.2) is 27.4 Å². The SMILES string of the molecule is Cc1cn2c(CNCC3CCSC3)c(C)nc2s1. The molecule has 5 heteroatoms. The lowest BCUT2D eigenvalue weighted by atomic mass is 10.1. The van der Waals surface area contributed by atoms with Gasteiger partial charge in [0.25, 0.3) is 0 Å². The van der Waals surface area contributed by atoms with Crippen molar-refractivity contribution < 1.29 is 0 Å². The van der Waals surface area contributed by atoms with Gasteiger partial charge in [-0.25, -0.2) is 4.98 Å². The molecule has 3 heterocycles. The van der Waals surface area contributed by atoms with Crippen LogP contribution in [0, 0.1) is 19.8 Å². The maximum Gasteiger partial charge on any atom is 0.194 e. The lowest BCUT2D eigenvalue weighted by molar-refractivity contribution is 0.519. The van der Waals surface area contributed by atoms with Gasteiger partial charge in [0.2, 0.25) is 0 Å². The van der Waals surface area contributed by atoms with Gasteiger partial charge >= 0.3 is 0 Å². The average Bonchev–Trinajstić information content (AvgIpc) is 2.99. The lowest BCUT2D eigenvalue weighted by Gasteiger charge is -2.09. The van der Waals surface area contributed by atoms with Crippen molar-refractivity contribution >= 4 is 28.1 Å². The Bertz CT molecular complexity index is 538. The van der Waals surface area contributed by atoms with Crippen LogP contribution < -0.4 is 5.32 Å². The van der Waals surface area contributed by atoms with Crippen molar-refractivity contribution in [2.75, 3.05) is 18.1 Å². The zero-order chi connectivity index (χ0) is 12.5. The first kappa shape index (κ1) is 12.5. The Kier molecular flexibility index (Phi) is 3.63. The van der Waals surface area contributed by atoms with Crippen LogP contribution in [0.1, 0.15) is 22.7 Å². The van der Waals surface area contributed by atoms with Crippen LogP contribution >= 0.6 is 23.1 Å². The van der Waals surface area contributed by atoms with Crippen LogP contribution in [0.2, 0.25) is 0 Å². The van der Waals surface area contributed by atoms with Gasteiger partial charge in [-0.05, 0) is 44.2 Å². The third kappa shape index (κ3) is 2.44. The molecule has 0 spiro atoms. The van der Waals surface area contributed by atoms with Crippen LogP contribution in [0.25, 0.3) is 4.96 Å². The molecule has 2 aromatic heterocycles. The molecule has 98 valence electrons. The Morgan fingerprint density at radius 3 is 3.17 bits per heavy atom. The number of imidazole rings is 1. The van der Waals surface area contributed by atoms with Crippen molar-refractivity contribution in [3.63, 3.8) is 0 Å². The van der Waals surface area contributed by atoms with Crippen molar-refractivity contribution in [3.05, 3.63) is 22.5 Å². The molecule has 0 amide bonds. The maximum atomic E-state index is 4.62. The number of hydrogen-bond donors (Lipinski definition) is 1. The number of nitrogens with one attached hydrogen (secondary N) is 1. The largest absolute Gasteiger partial charge is 0.311 e. The number of rotatable bonds is 4. The number of aromatic nitrogens is 2. The molecule has 1 atom stereocenters. The lowest BCUT2D eigenvalue weighted by Crippen LogP contribution is -2.23. The van der Waals surface area contributed by atoms with E-state index >= 15 is 0 Å². The van der Waals surface area contributed by atoms with Gasteiger partial charge in [0.1, 0.15) is 0 Å². The molecule has 1 unspecified atom stereocenters. The first-order chi connectivity index (χ1) is 8.74. The Morgan fingerprint density at radius 1 is 1.50 bits per heavy atom. The molecule has 1 N–H and O–H groups in total. The summed E-state index contributed by atoms with van der Waals surface area (Å²) < 4.78 is 2.24. The van der Waals surface area contributed by atoms with Gasteiger partial charge in [-0.1, -0.05) is 0 Å². The van der Waals surface area contributed by atoms with Crippen molar-refractivity contribution in [1.29, 1.82) is 0 Å². The molecule has 0 aromatic carbocycles. The fraction of sp³-hybridized carbons (Fsp3) is 0.615. The zero-order valence-electron chi connectivity index (χ0n) is 10.9. The number of thioether (sulfide) groups is 1. The second-order valence-electron chi connectivity index (χ2n) is 5.00. The molecule has 1 fully saturated rings. The highest BCUT2D eigenvalue weighted by atomic mass is 32.2. The summed E-state index contributed by atoms with van der Waals surface area (Å²) in [5.74, 6) is 3.53. The molecular formula is C13H19N3S2. The number of aryl methyl sites for hydroxylation is 2. The number of nitrogens with zero attached hydrogens (tertiary/aromatic N) is 2. The second-order valence-corrected chi connectivity index (χ2v) is 7.36. The highest BCUT2D eigenvalue weighted by molar-refractivity contribution is 7.99. The summed E-state index contributed by atoms with van der Waals surface area (Å²) >= 11 is 3.85. The Hall–Kier alpha value is -0.520. The van der Waals surface area contributed by atoms with Crippen LogP contribution in [0.4, 0.5) is 0 Å². The van der Waals surface area contributed by atoms with E-state index in [0.717, 1.165) is 29.7 Å². The van der Waals surface area contributed by atoms with Crippen LogP contribution in [0.5, 0.6) is 0 Å². The van der Waals surface area contributed by atoms with E-state index in [1.807, 2.05) is 0 Å².